The van der Waals surface area contributed by atoms with Crippen molar-refractivity contribution in [2.45, 2.75) is 171 Å². The number of azo groups is 2. The van der Waals surface area contributed by atoms with Crippen LogP contribution in [0.15, 0.2) is 20.5 Å². The Morgan fingerprint density at radius 2 is 1.23 bits per heavy atom. The van der Waals surface area contributed by atoms with Crippen LogP contribution in [0.5, 0.6) is 0 Å². The van der Waals surface area contributed by atoms with Crippen LogP contribution in [-0.2, 0) is 27.2 Å². The van der Waals surface area contributed by atoms with Gasteiger partial charge >= 0.3 is 59.1 Å². The summed E-state index contributed by atoms with van der Waals surface area (Å²) in [5.74, 6) is 2.58. The molecule has 0 aromatic carbocycles. The zero-order valence-electron chi connectivity index (χ0n) is 27.0. The van der Waals surface area contributed by atoms with Crippen molar-refractivity contribution in [2.75, 3.05) is 0 Å². The third-order valence-corrected chi connectivity index (χ3v) is 11.7. The summed E-state index contributed by atoms with van der Waals surface area (Å²) in [5.41, 5.74) is 0. The van der Waals surface area contributed by atoms with E-state index < -0.39 is 0 Å². The molecule has 0 aromatic heterocycles. The van der Waals surface area contributed by atoms with Crippen LogP contribution in [-0.4, -0.2) is 42.4 Å². The zero-order valence-corrected chi connectivity index (χ0v) is 31.8. The van der Waals surface area contributed by atoms with Crippen LogP contribution in [0.25, 0.3) is 0 Å². The molecular weight excluding hydrogens is 580 g/mol. The molecule has 43 heavy (non-hydrogen) atoms. The quantitative estimate of drug-likeness (QED) is 0.105. The van der Waals surface area contributed by atoms with Gasteiger partial charge in [0.2, 0.25) is 0 Å². The number of fused-ring (bicyclic) bond motifs is 2. The van der Waals surface area contributed by atoms with Crippen LogP contribution >= 0.6 is 0 Å². The fraction of sp³-hybridized carbons (Fsp3) is 0.969. The van der Waals surface area contributed by atoms with Crippen molar-refractivity contribution in [3.05, 3.63) is 6.42 Å². The first-order valence-electron chi connectivity index (χ1n) is 17.3. The van der Waals surface area contributed by atoms with Crippen LogP contribution in [0.2, 0.25) is 0 Å². The monoisotopic (exact) mass is 633 g/mol. The second-order valence-electron chi connectivity index (χ2n) is 14.1. The molecule has 0 saturated heterocycles. The van der Waals surface area contributed by atoms with Crippen molar-refractivity contribution < 1.29 is 73.4 Å². The minimum Gasteiger partial charge on any atom is -0.579 e. The SMILES string of the molecule is [Na+].[Na+].[S-]OOOC1CCCC(N=NC2CCC(N=NC3CCC(NC4CCCCC4)C4[CH-]CCCC34)C3CCCCC23)C1. The minimum absolute atomic E-state index is 0. The fourth-order valence-corrected chi connectivity index (χ4v) is 9.58. The van der Waals surface area contributed by atoms with E-state index in [9.17, 15) is 0 Å². The molecule has 0 aliphatic heterocycles. The second-order valence-corrected chi connectivity index (χ2v) is 14.3. The van der Waals surface area contributed by atoms with Crippen molar-refractivity contribution in [1.82, 2.24) is 5.32 Å². The molecule has 11 heteroatoms. The van der Waals surface area contributed by atoms with Gasteiger partial charge in [-0.25, -0.2) is 4.89 Å². The molecule has 0 radical (unpaired) electrons. The zero-order chi connectivity index (χ0) is 27.9. The van der Waals surface area contributed by atoms with E-state index in [1.807, 2.05) is 0 Å². The van der Waals surface area contributed by atoms with E-state index in [0.29, 0.717) is 47.8 Å². The summed E-state index contributed by atoms with van der Waals surface area (Å²) in [6.07, 6.45) is 27.3. The minimum atomic E-state index is -0.0197. The van der Waals surface area contributed by atoms with E-state index in [1.165, 1.54) is 89.9 Å². The van der Waals surface area contributed by atoms with E-state index in [4.69, 9.17) is 25.3 Å². The van der Waals surface area contributed by atoms with E-state index in [-0.39, 0.29) is 71.3 Å². The molecule has 0 aromatic rings. The van der Waals surface area contributed by atoms with Crippen molar-refractivity contribution in [3.63, 3.8) is 0 Å². The van der Waals surface area contributed by atoms with Gasteiger partial charge in [0.05, 0.1) is 30.3 Å². The summed E-state index contributed by atoms with van der Waals surface area (Å²) >= 11 is 4.36. The van der Waals surface area contributed by atoms with Crippen LogP contribution in [0.4, 0.5) is 0 Å². The first-order valence-corrected chi connectivity index (χ1v) is 17.6. The maximum absolute atomic E-state index is 5.25. The van der Waals surface area contributed by atoms with Crippen molar-refractivity contribution in [2.24, 2.45) is 44.1 Å². The second kappa shape index (κ2) is 19.4. The van der Waals surface area contributed by atoms with Crippen LogP contribution in [0.1, 0.15) is 128 Å². The van der Waals surface area contributed by atoms with Gasteiger partial charge < -0.3 is 29.0 Å². The van der Waals surface area contributed by atoms with Gasteiger partial charge in [-0.2, -0.15) is 26.9 Å². The summed E-state index contributed by atoms with van der Waals surface area (Å²) in [5, 5.41) is 29.0. The third-order valence-electron chi connectivity index (χ3n) is 11.6. The maximum atomic E-state index is 5.25. The molecule has 0 spiro atoms. The van der Waals surface area contributed by atoms with Gasteiger partial charge in [0.1, 0.15) is 0 Å². The predicted octanol–water partition coefficient (Wildman–Crippen LogP) is 1.96. The van der Waals surface area contributed by atoms with Gasteiger partial charge in [-0.3, -0.25) is 0 Å². The van der Waals surface area contributed by atoms with Crippen LogP contribution in [0.3, 0.4) is 0 Å². The molecule has 232 valence electrons. The van der Waals surface area contributed by atoms with Gasteiger partial charge in [-0.05, 0) is 94.4 Å². The smallest absolute Gasteiger partial charge is 0.579 e. The van der Waals surface area contributed by atoms with Crippen LogP contribution < -0.4 is 64.4 Å². The van der Waals surface area contributed by atoms with Crippen molar-refractivity contribution >= 4 is 12.9 Å². The van der Waals surface area contributed by atoms with Crippen LogP contribution in [0, 0.1) is 30.1 Å². The first kappa shape index (κ1) is 37.2. The Morgan fingerprint density at radius 1 is 0.605 bits per heavy atom. The van der Waals surface area contributed by atoms with Crippen molar-refractivity contribution in [1.29, 1.82) is 0 Å². The van der Waals surface area contributed by atoms with E-state index >= 15 is 0 Å². The third kappa shape index (κ3) is 10.2. The van der Waals surface area contributed by atoms with E-state index in [2.05, 4.69) is 34.0 Å². The summed E-state index contributed by atoms with van der Waals surface area (Å²) < 4.78 is 4.21. The molecule has 1 N–H and O–H groups in total. The molecule has 6 aliphatic rings. The Labute approximate surface area is 310 Å². The maximum Gasteiger partial charge on any atom is 1.00 e. The molecular formula is C32H53N5Na2O3S. The molecule has 8 nitrogen and oxygen atoms in total. The molecule has 6 saturated carbocycles. The van der Waals surface area contributed by atoms with Gasteiger partial charge in [-0.1, -0.05) is 50.0 Å². The Kier molecular flexibility index (Phi) is 16.8. The summed E-state index contributed by atoms with van der Waals surface area (Å²) in [7, 11) is 0. The number of nitrogens with one attached hydrogen (secondary N) is 1. The molecule has 6 aliphatic carbocycles. The molecule has 0 amide bonds. The Morgan fingerprint density at radius 3 is 1.95 bits per heavy atom. The Balaban J connectivity index is 0.00000212. The molecule has 0 heterocycles. The summed E-state index contributed by atoms with van der Waals surface area (Å²) in [6.45, 7) is 0. The largest absolute Gasteiger partial charge is 1.00 e. The number of rotatable bonds is 9. The van der Waals surface area contributed by atoms with E-state index in [0.717, 1.165) is 44.6 Å². The molecule has 10 atom stereocenters. The summed E-state index contributed by atoms with van der Waals surface area (Å²) in [6, 6.07) is 2.72. The Bertz CT molecular complexity index is 869. The standard InChI is InChI=1S/C32H54N5O3S.2Na/c41-40-39-38-24-12-8-11-23(21-24)34-35-30-19-20-32(28-16-7-6-15-27(28)30)37-36-31-18-17-29(25-13-4-5-14-26(25)31)33-22-9-2-1-3-10-22;;/h13,22-33,41H,1-12,14-21H2;;/q-1;2*+1/p-1. The van der Waals surface area contributed by atoms with Crippen molar-refractivity contribution in [3.8, 4) is 0 Å². The number of nitrogens with zero attached hydrogens (tertiary/aromatic N) is 4. The van der Waals surface area contributed by atoms with Gasteiger partial charge in [0.15, 0.2) is 0 Å². The fourth-order valence-electron chi connectivity index (χ4n) is 9.54. The predicted molar refractivity (Wildman–Crippen MR) is 161 cm³/mol. The number of hydrogen-bond acceptors (Lipinski definition) is 9. The topological polar surface area (TPSA) is 89.2 Å². The van der Waals surface area contributed by atoms with E-state index in [1.54, 1.807) is 0 Å². The number of hydrogen-bond donors (Lipinski definition) is 1. The summed E-state index contributed by atoms with van der Waals surface area (Å²) in [4.78, 5) is 5.25. The van der Waals surface area contributed by atoms with Gasteiger partial charge in [0.25, 0.3) is 0 Å². The first-order chi connectivity index (χ1) is 20.3. The van der Waals surface area contributed by atoms with Gasteiger partial charge in [0, 0.05) is 12.5 Å². The Hall–Kier alpha value is 1.39. The average molecular weight is 634 g/mol. The molecule has 0 bridgehead atoms. The molecule has 10 unspecified atom stereocenters. The van der Waals surface area contributed by atoms with Gasteiger partial charge in [-0.15, -0.1) is 5.92 Å². The molecule has 6 fully saturated rings. The average Bonchev–Trinajstić information content (AvgIpc) is 3.03. The normalized spacial score (nSPS) is 40.8. The molecule has 6 rings (SSSR count).